The van der Waals surface area contributed by atoms with Crippen LogP contribution in [0.5, 0.6) is 5.75 Å². The van der Waals surface area contributed by atoms with Crippen molar-refractivity contribution in [1.29, 1.82) is 0 Å². The van der Waals surface area contributed by atoms with Crippen LogP contribution in [0.25, 0.3) is 0 Å². The molecule has 0 saturated heterocycles. The maximum atomic E-state index is 11.5. The first-order valence-corrected chi connectivity index (χ1v) is 6.86. The predicted octanol–water partition coefficient (Wildman–Crippen LogP) is 2.88. The number of aliphatic carboxylic acids is 1. The molecule has 110 valence electrons. The highest BCUT2D eigenvalue weighted by Crippen LogP contribution is 2.17. The molecule has 0 amide bonds. The van der Waals surface area contributed by atoms with Gasteiger partial charge in [0.2, 0.25) is 0 Å². The lowest BCUT2D eigenvalue weighted by atomic mass is 9.94. The zero-order valence-electron chi connectivity index (χ0n) is 12.2. The Morgan fingerprint density at radius 3 is 2.48 bits per heavy atom. The summed E-state index contributed by atoms with van der Waals surface area (Å²) < 4.78 is 5.10. The number of nitrogens with zero attached hydrogens (tertiary/aromatic N) is 1. The van der Waals surface area contributed by atoms with Crippen LogP contribution >= 0.6 is 0 Å². The van der Waals surface area contributed by atoms with Crippen molar-refractivity contribution in [3.63, 3.8) is 0 Å². The van der Waals surface area contributed by atoms with Crippen LogP contribution in [0.2, 0.25) is 0 Å². The van der Waals surface area contributed by atoms with E-state index in [0.717, 1.165) is 22.7 Å². The van der Waals surface area contributed by atoms with Crippen LogP contribution in [-0.2, 0) is 17.6 Å². The second-order valence-electron chi connectivity index (χ2n) is 5.06. The number of rotatable bonds is 6. The summed E-state index contributed by atoms with van der Waals surface area (Å²) in [7, 11) is 1.61. The highest BCUT2D eigenvalue weighted by molar-refractivity contribution is 5.70. The number of aryl methyl sites for hydroxylation is 1. The lowest BCUT2D eigenvalue weighted by Gasteiger charge is -2.12. The molecule has 4 nitrogen and oxygen atoms in total. The lowest BCUT2D eigenvalue weighted by Crippen LogP contribution is -2.19. The molecule has 1 unspecified atom stereocenters. The van der Waals surface area contributed by atoms with E-state index < -0.39 is 11.9 Å². The van der Waals surface area contributed by atoms with Gasteiger partial charge in [0.05, 0.1) is 13.0 Å². The monoisotopic (exact) mass is 285 g/mol. The number of benzene rings is 1. The van der Waals surface area contributed by atoms with Gasteiger partial charge in [0, 0.05) is 17.8 Å². The molecule has 1 aromatic heterocycles. The lowest BCUT2D eigenvalue weighted by molar-refractivity contribution is -0.141. The Hall–Kier alpha value is -2.36. The molecule has 0 aliphatic carbocycles. The minimum Gasteiger partial charge on any atom is -0.497 e. The van der Waals surface area contributed by atoms with E-state index in [1.54, 1.807) is 7.11 Å². The van der Waals surface area contributed by atoms with E-state index in [2.05, 4.69) is 4.98 Å². The zero-order chi connectivity index (χ0) is 15.2. The van der Waals surface area contributed by atoms with E-state index in [1.807, 2.05) is 49.4 Å². The number of pyridine rings is 1. The second-order valence-corrected chi connectivity index (χ2v) is 5.06. The minimum absolute atomic E-state index is 0.434. The Morgan fingerprint density at radius 2 is 1.90 bits per heavy atom. The van der Waals surface area contributed by atoms with E-state index in [0.29, 0.717) is 12.8 Å². The van der Waals surface area contributed by atoms with Crippen molar-refractivity contribution in [2.75, 3.05) is 7.11 Å². The average molecular weight is 285 g/mol. The number of carboxylic acids is 1. The number of carboxylic acid groups (broad SMARTS) is 1. The molecule has 0 bridgehead atoms. The van der Waals surface area contributed by atoms with E-state index in [-0.39, 0.29) is 0 Å². The van der Waals surface area contributed by atoms with Crippen LogP contribution < -0.4 is 4.74 Å². The Labute approximate surface area is 124 Å². The third-order valence-corrected chi connectivity index (χ3v) is 3.39. The number of ether oxygens (including phenoxy) is 1. The molecule has 1 aromatic carbocycles. The molecule has 2 aromatic rings. The summed E-state index contributed by atoms with van der Waals surface area (Å²) in [5.74, 6) is -0.507. The Morgan fingerprint density at radius 1 is 1.19 bits per heavy atom. The first-order valence-electron chi connectivity index (χ1n) is 6.86. The SMILES string of the molecule is COc1ccc(CC(Cc2cccc(C)n2)C(=O)O)cc1. The number of carbonyl (C=O) groups is 1. The Bertz CT molecular complexity index is 608. The van der Waals surface area contributed by atoms with Gasteiger partial charge >= 0.3 is 5.97 Å². The highest BCUT2D eigenvalue weighted by atomic mass is 16.5. The summed E-state index contributed by atoms with van der Waals surface area (Å²) in [6.45, 7) is 1.91. The average Bonchev–Trinajstić information content (AvgIpc) is 2.47. The van der Waals surface area contributed by atoms with E-state index in [1.165, 1.54) is 0 Å². The van der Waals surface area contributed by atoms with Crippen molar-refractivity contribution in [2.24, 2.45) is 5.92 Å². The standard InChI is InChI=1S/C17H19NO3/c1-12-4-3-5-15(18-12)11-14(17(19)20)10-13-6-8-16(21-2)9-7-13/h3-9,14H,10-11H2,1-2H3,(H,19,20). The number of methoxy groups -OCH3 is 1. The largest absolute Gasteiger partial charge is 0.497 e. The molecule has 1 N–H and O–H groups in total. The van der Waals surface area contributed by atoms with Gasteiger partial charge in [-0.25, -0.2) is 0 Å². The van der Waals surface area contributed by atoms with Crippen LogP contribution in [0.4, 0.5) is 0 Å². The van der Waals surface area contributed by atoms with Crippen molar-refractivity contribution < 1.29 is 14.6 Å². The molecule has 0 saturated carbocycles. The Kier molecular flexibility index (Phi) is 4.93. The van der Waals surface area contributed by atoms with Crippen LogP contribution in [0.1, 0.15) is 17.0 Å². The molecule has 0 spiro atoms. The molecule has 0 aliphatic rings. The fraction of sp³-hybridized carbons (Fsp3) is 0.294. The van der Waals surface area contributed by atoms with Crippen LogP contribution in [0.3, 0.4) is 0 Å². The minimum atomic E-state index is -0.797. The number of hydrogen-bond acceptors (Lipinski definition) is 3. The molecule has 4 heteroatoms. The van der Waals surface area contributed by atoms with Crippen LogP contribution in [-0.4, -0.2) is 23.2 Å². The molecule has 0 fully saturated rings. The van der Waals surface area contributed by atoms with Gasteiger partial charge in [-0.2, -0.15) is 0 Å². The normalized spacial score (nSPS) is 11.9. The van der Waals surface area contributed by atoms with Crippen molar-refractivity contribution in [2.45, 2.75) is 19.8 Å². The van der Waals surface area contributed by atoms with Crippen molar-refractivity contribution in [3.05, 3.63) is 59.4 Å². The van der Waals surface area contributed by atoms with Gasteiger partial charge < -0.3 is 9.84 Å². The summed E-state index contributed by atoms with van der Waals surface area (Å²) in [5.41, 5.74) is 2.70. The van der Waals surface area contributed by atoms with Crippen LogP contribution in [0.15, 0.2) is 42.5 Å². The highest BCUT2D eigenvalue weighted by Gasteiger charge is 2.19. The Balaban J connectivity index is 2.10. The molecule has 0 radical (unpaired) electrons. The van der Waals surface area contributed by atoms with Gasteiger partial charge in [-0.1, -0.05) is 18.2 Å². The van der Waals surface area contributed by atoms with Gasteiger partial charge in [0.1, 0.15) is 5.75 Å². The summed E-state index contributed by atoms with van der Waals surface area (Å²) >= 11 is 0. The quantitative estimate of drug-likeness (QED) is 0.886. The third kappa shape index (κ3) is 4.31. The van der Waals surface area contributed by atoms with Crippen molar-refractivity contribution >= 4 is 5.97 Å². The number of aromatic nitrogens is 1. The predicted molar refractivity (Wildman–Crippen MR) is 80.5 cm³/mol. The molecular weight excluding hydrogens is 266 g/mol. The van der Waals surface area contributed by atoms with Gasteiger partial charge in [-0.05, 0) is 43.2 Å². The zero-order valence-corrected chi connectivity index (χ0v) is 12.2. The maximum Gasteiger partial charge on any atom is 0.307 e. The van der Waals surface area contributed by atoms with Crippen molar-refractivity contribution in [3.8, 4) is 5.75 Å². The van der Waals surface area contributed by atoms with E-state index >= 15 is 0 Å². The molecule has 2 rings (SSSR count). The van der Waals surface area contributed by atoms with Gasteiger partial charge in [0.15, 0.2) is 0 Å². The summed E-state index contributed by atoms with van der Waals surface area (Å²) in [4.78, 5) is 15.8. The number of hydrogen-bond donors (Lipinski definition) is 1. The molecule has 0 aliphatic heterocycles. The first kappa shape index (κ1) is 15.0. The van der Waals surface area contributed by atoms with Gasteiger partial charge in [0.25, 0.3) is 0 Å². The van der Waals surface area contributed by atoms with Gasteiger partial charge in [-0.3, -0.25) is 9.78 Å². The smallest absolute Gasteiger partial charge is 0.307 e. The summed E-state index contributed by atoms with van der Waals surface area (Å²) in [5, 5.41) is 9.41. The fourth-order valence-corrected chi connectivity index (χ4v) is 2.26. The van der Waals surface area contributed by atoms with Crippen LogP contribution in [0, 0.1) is 12.8 Å². The molecule has 1 heterocycles. The second kappa shape index (κ2) is 6.88. The maximum absolute atomic E-state index is 11.5. The van der Waals surface area contributed by atoms with E-state index in [9.17, 15) is 9.90 Å². The first-order chi connectivity index (χ1) is 10.1. The van der Waals surface area contributed by atoms with Crippen molar-refractivity contribution in [1.82, 2.24) is 4.98 Å². The summed E-state index contributed by atoms with van der Waals surface area (Å²) in [6.07, 6.45) is 0.915. The summed E-state index contributed by atoms with van der Waals surface area (Å²) in [6, 6.07) is 13.2. The molecule has 21 heavy (non-hydrogen) atoms. The third-order valence-electron chi connectivity index (χ3n) is 3.39. The van der Waals surface area contributed by atoms with Gasteiger partial charge in [-0.15, -0.1) is 0 Å². The van der Waals surface area contributed by atoms with E-state index in [4.69, 9.17) is 4.74 Å². The topological polar surface area (TPSA) is 59.4 Å². The fourth-order valence-electron chi connectivity index (χ4n) is 2.26. The molecular formula is C17H19NO3. The molecule has 1 atom stereocenters.